The highest BCUT2D eigenvalue weighted by Crippen LogP contribution is 2.35. The standard InChI is InChI=1S/C34H43N3O6.C29H35N3O4/c1-23-19-32(38)36(29-21-27(8-9-28(23)29)42-26-6-7-26)16-15-35-13-11-25(12-14-35)37(33(39)43-34(2,3)4)22-24-5-10-30-31(20-24)41-18-17-40-30;1-20-16-29(33)32(26-18-24(5-6-25(20)26)36-23-3-4-23)13-12-31-10-8-22(9-11-31)30-19-21-2-7-27-28(17-21)35-15-14-34-27/h5,8-10,19-21,25-26H,6-7,11-18,22H2,1-4H3;2,5-7,16-18,22-23,30H,3-4,8-15,19H2,1H3. The van der Waals surface area contributed by atoms with Crippen LogP contribution in [0.1, 0.15) is 94.4 Å². The molecule has 0 unspecified atom stereocenters. The van der Waals surface area contributed by atoms with E-state index in [1.165, 1.54) is 5.56 Å². The second kappa shape index (κ2) is 23.9. The number of carbonyl (C=O) groups excluding carboxylic acids is 1. The predicted octanol–water partition coefficient (Wildman–Crippen LogP) is 9.40. The van der Waals surface area contributed by atoms with Crippen LogP contribution >= 0.6 is 0 Å². The first-order valence-electron chi connectivity index (χ1n) is 28.8. The predicted molar refractivity (Wildman–Crippen MR) is 306 cm³/mol. The number of rotatable bonds is 16. The molecule has 2 saturated heterocycles. The number of carbonyl (C=O) groups is 1. The molecule has 16 heteroatoms. The average molecular weight is 1080 g/mol. The lowest BCUT2D eigenvalue weighted by Crippen LogP contribution is -2.49. The van der Waals surface area contributed by atoms with Crippen LogP contribution in [0.5, 0.6) is 34.5 Å². The number of benzene rings is 4. The Kier molecular flexibility index (Phi) is 16.4. The fraction of sp³-hybridized carbons (Fsp3) is 0.508. The van der Waals surface area contributed by atoms with Gasteiger partial charge in [-0.3, -0.25) is 9.59 Å². The number of piperidine rings is 2. The normalized spacial score (nSPS) is 18.0. The molecular formula is C63H78N6O10. The number of amides is 1. The number of nitrogens with one attached hydrogen (secondary N) is 1. The van der Waals surface area contributed by atoms with Gasteiger partial charge >= 0.3 is 6.09 Å². The maximum absolute atomic E-state index is 13.4. The molecule has 0 atom stereocenters. The third-order valence-electron chi connectivity index (χ3n) is 15.9. The molecule has 0 spiro atoms. The highest BCUT2D eigenvalue weighted by atomic mass is 16.6. The quantitative estimate of drug-likeness (QED) is 0.0983. The Hall–Kier alpha value is -6.75. The summed E-state index contributed by atoms with van der Waals surface area (Å²) in [6.45, 7) is 19.9. The summed E-state index contributed by atoms with van der Waals surface area (Å²) in [6.07, 6.45) is 8.65. The van der Waals surface area contributed by atoms with Gasteiger partial charge in [0.2, 0.25) is 0 Å². The van der Waals surface area contributed by atoms with Crippen LogP contribution in [0.15, 0.2) is 94.5 Å². The zero-order valence-electron chi connectivity index (χ0n) is 46.8. The van der Waals surface area contributed by atoms with Gasteiger partial charge in [0.1, 0.15) is 43.5 Å². The van der Waals surface area contributed by atoms with Crippen LogP contribution in [-0.2, 0) is 30.9 Å². The van der Waals surface area contributed by atoms with E-state index in [-0.39, 0.29) is 23.3 Å². The number of aryl methyl sites for hydroxylation is 2. The number of aromatic nitrogens is 2. The average Bonchev–Trinajstić information content (AvgIpc) is 4.48. The summed E-state index contributed by atoms with van der Waals surface area (Å²) in [5.41, 5.74) is 5.60. The van der Waals surface area contributed by atoms with E-state index in [9.17, 15) is 14.4 Å². The van der Waals surface area contributed by atoms with Crippen LogP contribution in [-0.4, -0.2) is 126 Å². The monoisotopic (exact) mass is 1080 g/mol. The topological polar surface area (TPSA) is 147 Å². The Balaban J connectivity index is 0.000000170. The second-order valence-electron chi connectivity index (χ2n) is 23.3. The Labute approximate surface area is 463 Å². The Bertz CT molecular complexity index is 3250. The molecule has 79 heavy (non-hydrogen) atoms. The molecule has 2 aliphatic carbocycles. The van der Waals surface area contributed by atoms with Crippen LogP contribution in [0.25, 0.3) is 21.8 Å². The molecular weight excluding hydrogens is 1000 g/mol. The van der Waals surface area contributed by atoms with Crippen molar-refractivity contribution in [3.8, 4) is 34.5 Å². The van der Waals surface area contributed by atoms with Gasteiger partial charge in [0.15, 0.2) is 23.0 Å². The molecule has 0 radical (unpaired) electrons. The van der Waals surface area contributed by atoms with E-state index in [4.69, 9.17) is 33.2 Å². The lowest BCUT2D eigenvalue weighted by molar-refractivity contribution is 0.00561. The van der Waals surface area contributed by atoms with E-state index in [0.717, 1.165) is 164 Å². The van der Waals surface area contributed by atoms with Crippen molar-refractivity contribution in [1.82, 2.24) is 29.2 Å². The molecule has 16 nitrogen and oxygen atoms in total. The Morgan fingerprint density at radius 2 is 1.04 bits per heavy atom. The van der Waals surface area contributed by atoms with Crippen LogP contribution in [0.4, 0.5) is 4.79 Å². The van der Waals surface area contributed by atoms with Gasteiger partial charge in [-0.1, -0.05) is 12.1 Å². The van der Waals surface area contributed by atoms with Crippen molar-refractivity contribution in [2.24, 2.45) is 0 Å². The molecule has 4 aromatic carbocycles. The van der Waals surface area contributed by atoms with Gasteiger partial charge in [-0.2, -0.15) is 0 Å². The molecule has 6 heterocycles. The van der Waals surface area contributed by atoms with Crippen LogP contribution in [0, 0.1) is 13.8 Å². The fourth-order valence-electron chi connectivity index (χ4n) is 11.2. The number of hydrogen-bond acceptors (Lipinski definition) is 13. The van der Waals surface area contributed by atoms with Gasteiger partial charge in [-0.05, 0) is 170 Å². The van der Waals surface area contributed by atoms with Gasteiger partial charge in [-0.15, -0.1) is 0 Å². The lowest BCUT2D eigenvalue weighted by atomic mass is 10.0. The molecule has 1 amide bonds. The molecule has 4 fully saturated rings. The zero-order valence-corrected chi connectivity index (χ0v) is 46.8. The molecule has 6 aliphatic rings. The maximum Gasteiger partial charge on any atom is 0.410 e. The molecule has 2 aromatic heterocycles. The largest absolute Gasteiger partial charge is 0.490 e. The van der Waals surface area contributed by atoms with Crippen LogP contribution < -0.4 is 44.9 Å². The summed E-state index contributed by atoms with van der Waals surface area (Å²) in [6, 6.07) is 28.4. The number of likely N-dealkylation sites (tertiary alicyclic amines) is 2. The van der Waals surface area contributed by atoms with Crippen molar-refractivity contribution in [3.05, 3.63) is 128 Å². The SMILES string of the molecule is Cc1cc(=O)n(CCN2CCC(N(Cc3ccc4c(c3)OCCO4)C(=O)OC(C)(C)C)CC2)c2cc(OC3CC3)ccc12.Cc1cc(=O)n(CCN2CCC(NCc3ccc4c(c3)OCCO4)CC2)c2cc(OC3CC3)ccc12. The van der Waals surface area contributed by atoms with Crippen molar-refractivity contribution in [2.75, 3.05) is 65.7 Å². The summed E-state index contributed by atoms with van der Waals surface area (Å²) < 4.78 is 44.5. The van der Waals surface area contributed by atoms with E-state index in [1.807, 2.05) is 91.1 Å². The summed E-state index contributed by atoms with van der Waals surface area (Å²) in [4.78, 5) is 46.2. The number of pyridine rings is 2. The number of hydrogen-bond donors (Lipinski definition) is 1. The fourth-order valence-corrected chi connectivity index (χ4v) is 11.2. The number of fused-ring (bicyclic) bond motifs is 4. The molecule has 0 bridgehead atoms. The van der Waals surface area contributed by atoms with Crippen molar-refractivity contribution in [2.45, 2.75) is 142 Å². The number of nitrogens with zero attached hydrogens (tertiary/aromatic N) is 5. The Morgan fingerprint density at radius 1 is 0.570 bits per heavy atom. The molecule has 2 saturated carbocycles. The molecule has 6 aromatic rings. The second-order valence-corrected chi connectivity index (χ2v) is 23.3. The highest BCUT2D eigenvalue weighted by molar-refractivity contribution is 5.84. The van der Waals surface area contributed by atoms with E-state index in [1.54, 1.807) is 12.1 Å². The first kappa shape index (κ1) is 54.2. The first-order chi connectivity index (χ1) is 38.2. The van der Waals surface area contributed by atoms with Crippen molar-refractivity contribution in [3.63, 3.8) is 0 Å². The van der Waals surface area contributed by atoms with Crippen LogP contribution in [0.3, 0.4) is 0 Å². The van der Waals surface area contributed by atoms with Gasteiger partial charge in [0, 0.05) is 99.5 Å². The summed E-state index contributed by atoms with van der Waals surface area (Å²) >= 11 is 0. The molecule has 1 N–H and O–H groups in total. The molecule has 4 aliphatic heterocycles. The third-order valence-corrected chi connectivity index (χ3v) is 15.9. The highest BCUT2D eigenvalue weighted by Gasteiger charge is 2.32. The smallest absolute Gasteiger partial charge is 0.410 e. The minimum Gasteiger partial charge on any atom is -0.490 e. The van der Waals surface area contributed by atoms with Gasteiger partial charge in [0.25, 0.3) is 11.1 Å². The zero-order chi connectivity index (χ0) is 54.6. The van der Waals surface area contributed by atoms with Gasteiger partial charge < -0.3 is 62.3 Å². The Morgan fingerprint density at radius 3 is 1.53 bits per heavy atom. The van der Waals surface area contributed by atoms with E-state index in [0.29, 0.717) is 70.1 Å². The summed E-state index contributed by atoms with van der Waals surface area (Å²) in [5.74, 6) is 4.83. The maximum atomic E-state index is 13.4. The van der Waals surface area contributed by atoms with E-state index < -0.39 is 5.60 Å². The van der Waals surface area contributed by atoms with E-state index >= 15 is 0 Å². The molecule has 420 valence electrons. The first-order valence-corrected chi connectivity index (χ1v) is 28.8. The summed E-state index contributed by atoms with van der Waals surface area (Å²) in [5, 5.41) is 5.92. The van der Waals surface area contributed by atoms with Crippen LogP contribution in [0.2, 0.25) is 0 Å². The van der Waals surface area contributed by atoms with Gasteiger partial charge in [0.05, 0.1) is 23.2 Å². The summed E-state index contributed by atoms with van der Waals surface area (Å²) in [7, 11) is 0. The lowest BCUT2D eigenvalue weighted by Gasteiger charge is -2.39. The minimum absolute atomic E-state index is 0.0130. The van der Waals surface area contributed by atoms with Crippen molar-refractivity contribution in [1.29, 1.82) is 0 Å². The minimum atomic E-state index is -0.587. The van der Waals surface area contributed by atoms with Gasteiger partial charge in [-0.25, -0.2) is 4.79 Å². The third kappa shape index (κ3) is 13.8. The van der Waals surface area contributed by atoms with E-state index in [2.05, 4.69) is 45.4 Å². The molecule has 12 rings (SSSR count). The van der Waals surface area contributed by atoms with Crippen molar-refractivity contribution < 1.29 is 38.0 Å². The number of ether oxygens (including phenoxy) is 7. The van der Waals surface area contributed by atoms with Crippen molar-refractivity contribution >= 4 is 27.9 Å².